The Balaban J connectivity index is 1.48. The molecule has 0 aliphatic rings. The summed E-state index contributed by atoms with van der Waals surface area (Å²) in [6.45, 7) is 6.03. The molecule has 2 heterocycles. The molecule has 0 fully saturated rings. The van der Waals surface area contributed by atoms with Crippen LogP contribution in [0.15, 0.2) is 46.4 Å². The summed E-state index contributed by atoms with van der Waals surface area (Å²) in [6.07, 6.45) is 2.01. The number of thiazole rings is 1. The Morgan fingerprint density at radius 3 is 2.66 bits per heavy atom. The van der Waals surface area contributed by atoms with Crippen molar-refractivity contribution >= 4 is 39.9 Å². The maximum absolute atomic E-state index is 12.3. The lowest BCUT2D eigenvalue weighted by molar-refractivity contribution is -0.120. The van der Waals surface area contributed by atoms with E-state index in [9.17, 15) is 14.4 Å². The van der Waals surface area contributed by atoms with Crippen molar-refractivity contribution in [3.8, 4) is 0 Å². The zero-order chi connectivity index (χ0) is 23.1. The summed E-state index contributed by atoms with van der Waals surface area (Å²) < 4.78 is 5.13. The van der Waals surface area contributed by atoms with E-state index < -0.39 is 0 Å². The molecular formula is C23H26N4O4S. The van der Waals surface area contributed by atoms with Crippen LogP contribution in [0.5, 0.6) is 0 Å². The van der Waals surface area contributed by atoms with E-state index >= 15 is 0 Å². The van der Waals surface area contributed by atoms with Gasteiger partial charge in [-0.1, -0.05) is 26.0 Å². The second-order valence-electron chi connectivity index (χ2n) is 7.79. The summed E-state index contributed by atoms with van der Waals surface area (Å²) in [4.78, 5) is 40.8. The largest absolute Gasteiger partial charge is 0.469 e. The number of anilines is 2. The normalized spacial score (nSPS) is 10.8. The zero-order valence-corrected chi connectivity index (χ0v) is 19.0. The average molecular weight is 455 g/mol. The molecule has 9 heteroatoms. The van der Waals surface area contributed by atoms with Crippen LogP contribution in [0.3, 0.4) is 0 Å². The van der Waals surface area contributed by atoms with E-state index in [-0.39, 0.29) is 30.1 Å². The molecule has 0 saturated heterocycles. The van der Waals surface area contributed by atoms with Crippen LogP contribution in [-0.4, -0.2) is 22.7 Å². The van der Waals surface area contributed by atoms with Gasteiger partial charge in [-0.25, -0.2) is 4.98 Å². The molecule has 0 unspecified atom stereocenters. The summed E-state index contributed by atoms with van der Waals surface area (Å²) in [5.41, 5.74) is 2.60. The molecule has 0 saturated carbocycles. The first-order valence-electron chi connectivity index (χ1n) is 10.3. The van der Waals surface area contributed by atoms with Crippen molar-refractivity contribution in [2.45, 2.75) is 40.2 Å². The topological polar surface area (TPSA) is 113 Å². The maximum Gasteiger partial charge on any atom is 0.260 e. The van der Waals surface area contributed by atoms with E-state index in [4.69, 9.17) is 4.42 Å². The van der Waals surface area contributed by atoms with Crippen LogP contribution < -0.4 is 16.0 Å². The van der Waals surface area contributed by atoms with E-state index in [2.05, 4.69) is 20.9 Å². The predicted octanol–water partition coefficient (Wildman–Crippen LogP) is 4.14. The van der Waals surface area contributed by atoms with Gasteiger partial charge in [0.05, 0.1) is 23.9 Å². The van der Waals surface area contributed by atoms with Crippen LogP contribution in [0.2, 0.25) is 0 Å². The maximum atomic E-state index is 12.3. The Labute approximate surface area is 190 Å². The lowest BCUT2D eigenvalue weighted by Gasteiger charge is -2.09. The molecule has 0 aliphatic carbocycles. The van der Waals surface area contributed by atoms with Gasteiger partial charge in [0.2, 0.25) is 11.8 Å². The van der Waals surface area contributed by atoms with E-state index in [1.807, 2.05) is 38.1 Å². The van der Waals surface area contributed by atoms with Crippen LogP contribution in [0.1, 0.15) is 47.6 Å². The van der Waals surface area contributed by atoms with E-state index in [0.29, 0.717) is 40.8 Å². The van der Waals surface area contributed by atoms with Crippen LogP contribution in [0.25, 0.3) is 0 Å². The summed E-state index contributed by atoms with van der Waals surface area (Å²) in [5.74, 6) is 0.291. The number of rotatable bonds is 9. The van der Waals surface area contributed by atoms with Gasteiger partial charge in [0.25, 0.3) is 5.91 Å². The van der Waals surface area contributed by atoms with Crippen molar-refractivity contribution in [3.05, 3.63) is 64.6 Å². The van der Waals surface area contributed by atoms with Crippen LogP contribution in [0.4, 0.5) is 10.8 Å². The molecule has 0 aliphatic heterocycles. The van der Waals surface area contributed by atoms with Crippen LogP contribution in [-0.2, 0) is 22.6 Å². The van der Waals surface area contributed by atoms with Crippen molar-refractivity contribution in [1.29, 1.82) is 0 Å². The van der Waals surface area contributed by atoms with Gasteiger partial charge in [-0.2, -0.15) is 0 Å². The monoisotopic (exact) mass is 454 g/mol. The number of benzene rings is 1. The number of furan rings is 1. The minimum atomic E-state index is -0.304. The van der Waals surface area contributed by atoms with Gasteiger partial charge in [0, 0.05) is 24.0 Å². The van der Waals surface area contributed by atoms with Gasteiger partial charge in [-0.15, -0.1) is 11.3 Å². The number of nitrogens with one attached hydrogen (secondary N) is 3. The highest BCUT2D eigenvalue weighted by atomic mass is 32.1. The van der Waals surface area contributed by atoms with E-state index in [0.717, 1.165) is 5.56 Å². The van der Waals surface area contributed by atoms with Gasteiger partial charge < -0.3 is 15.1 Å². The quantitative estimate of drug-likeness (QED) is 0.450. The highest BCUT2D eigenvalue weighted by molar-refractivity contribution is 7.14. The molecule has 32 heavy (non-hydrogen) atoms. The molecule has 8 nitrogen and oxygen atoms in total. The van der Waals surface area contributed by atoms with Gasteiger partial charge in [-0.05, 0) is 36.6 Å². The molecule has 2 aromatic heterocycles. The SMILES string of the molecule is Cc1occc1C(=O)Nc1nc(CC(=O)NCc2cccc(NC(=O)CC(C)C)c2)cs1. The summed E-state index contributed by atoms with van der Waals surface area (Å²) in [5, 5.41) is 10.6. The van der Waals surface area contributed by atoms with Crippen LogP contribution >= 0.6 is 11.3 Å². The molecular weight excluding hydrogens is 428 g/mol. The lowest BCUT2D eigenvalue weighted by Crippen LogP contribution is -2.24. The molecule has 3 amide bonds. The smallest absolute Gasteiger partial charge is 0.260 e. The van der Waals surface area contributed by atoms with E-state index in [1.165, 1.54) is 17.6 Å². The fraction of sp³-hybridized carbons (Fsp3) is 0.304. The third kappa shape index (κ3) is 6.78. The third-order valence-electron chi connectivity index (χ3n) is 4.51. The van der Waals surface area contributed by atoms with Crippen molar-refractivity contribution in [2.75, 3.05) is 10.6 Å². The van der Waals surface area contributed by atoms with Gasteiger partial charge >= 0.3 is 0 Å². The van der Waals surface area contributed by atoms with Gasteiger partial charge in [-0.3, -0.25) is 19.7 Å². The highest BCUT2D eigenvalue weighted by Gasteiger charge is 2.14. The second kappa shape index (κ2) is 10.7. The number of hydrogen-bond acceptors (Lipinski definition) is 6. The Morgan fingerprint density at radius 1 is 1.12 bits per heavy atom. The molecule has 3 aromatic rings. The standard InChI is InChI=1S/C23H26N4O4S/c1-14(2)9-21(29)25-17-6-4-5-16(10-17)12-24-20(28)11-18-13-32-23(26-18)27-22(30)19-7-8-31-15(19)3/h4-8,10,13-14H,9,11-12H2,1-3H3,(H,24,28)(H,25,29)(H,26,27,30). The molecule has 0 spiro atoms. The second-order valence-corrected chi connectivity index (χ2v) is 8.65. The average Bonchev–Trinajstić information content (AvgIpc) is 3.34. The molecule has 0 bridgehead atoms. The minimum absolute atomic E-state index is 0.0319. The first-order valence-corrected chi connectivity index (χ1v) is 11.1. The Bertz CT molecular complexity index is 1100. The number of aromatic nitrogens is 1. The molecule has 3 rings (SSSR count). The zero-order valence-electron chi connectivity index (χ0n) is 18.2. The van der Waals surface area contributed by atoms with Crippen LogP contribution in [0, 0.1) is 12.8 Å². The predicted molar refractivity (Wildman–Crippen MR) is 124 cm³/mol. The first kappa shape index (κ1) is 23.2. The first-order chi connectivity index (χ1) is 15.3. The molecule has 3 N–H and O–H groups in total. The fourth-order valence-electron chi connectivity index (χ4n) is 3.00. The number of carbonyl (C=O) groups excluding carboxylic acids is 3. The molecule has 1 aromatic carbocycles. The Kier molecular flexibility index (Phi) is 7.77. The number of hydrogen-bond donors (Lipinski definition) is 3. The summed E-state index contributed by atoms with van der Waals surface area (Å²) in [6, 6.07) is 8.97. The van der Waals surface area contributed by atoms with Gasteiger partial charge in [0.15, 0.2) is 5.13 Å². The number of aryl methyl sites for hydroxylation is 1. The summed E-state index contributed by atoms with van der Waals surface area (Å²) in [7, 11) is 0. The fourth-order valence-corrected chi connectivity index (χ4v) is 3.71. The van der Waals surface area contributed by atoms with Crippen molar-refractivity contribution in [1.82, 2.24) is 10.3 Å². The van der Waals surface area contributed by atoms with Crippen molar-refractivity contribution < 1.29 is 18.8 Å². The highest BCUT2D eigenvalue weighted by Crippen LogP contribution is 2.18. The van der Waals surface area contributed by atoms with Gasteiger partial charge in [0.1, 0.15) is 5.76 Å². The van der Waals surface area contributed by atoms with Crippen molar-refractivity contribution in [2.24, 2.45) is 5.92 Å². The minimum Gasteiger partial charge on any atom is -0.469 e. The molecule has 0 radical (unpaired) electrons. The number of nitrogens with zero attached hydrogens (tertiary/aromatic N) is 1. The third-order valence-corrected chi connectivity index (χ3v) is 5.32. The summed E-state index contributed by atoms with van der Waals surface area (Å²) >= 11 is 1.26. The number of amides is 3. The molecule has 0 atom stereocenters. The Morgan fingerprint density at radius 2 is 1.94 bits per heavy atom. The Hall–Kier alpha value is -3.46. The lowest BCUT2D eigenvalue weighted by atomic mass is 10.1. The van der Waals surface area contributed by atoms with E-state index in [1.54, 1.807) is 18.4 Å². The van der Waals surface area contributed by atoms with Crippen molar-refractivity contribution in [3.63, 3.8) is 0 Å². The molecule has 168 valence electrons. The number of carbonyl (C=O) groups is 3.